The van der Waals surface area contributed by atoms with E-state index < -0.39 is 0 Å². The summed E-state index contributed by atoms with van der Waals surface area (Å²) in [7, 11) is 0. The van der Waals surface area contributed by atoms with Gasteiger partial charge in [-0.3, -0.25) is 5.10 Å². The fourth-order valence-electron chi connectivity index (χ4n) is 2.12. The maximum atomic E-state index is 4.51. The van der Waals surface area contributed by atoms with Crippen molar-refractivity contribution in [2.24, 2.45) is 0 Å². The Morgan fingerprint density at radius 2 is 1.71 bits per heavy atom. The lowest BCUT2D eigenvalue weighted by molar-refractivity contribution is 0.810. The highest BCUT2D eigenvalue weighted by Gasteiger charge is 2.08. The SMILES string of the molecule is Cc1cc(C)cc(-c2nc3cc(C)[nH]n3n2)c1. The van der Waals surface area contributed by atoms with Crippen molar-refractivity contribution in [3.63, 3.8) is 0 Å². The van der Waals surface area contributed by atoms with Gasteiger partial charge in [0.25, 0.3) is 0 Å². The molecule has 3 rings (SSSR count). The number of aryl methyl sites for hydroxylation is 3. The van der Waals surface area contributed by atoms with Gasteiger partial charge in [-0.05, 0) is 32.9 Å². The van der Waals surface area contributed by atoms with Crippen LogP contribution in [0.3, 0.4) is 0 Å². The number of nitrogens with one attached hydrogen (secondary N) is 1. The highest BCUT2D eigenvalue weighted by Crippen LogP contribution is 2.19. The quantitative estimate of drug-likeness (QED) is 0.693. The summed E-state index contributed by atoms with van der Waals surface area (Å²) in [5, 5.41) is 7.56. The first-order chi connectivity index (χ1) is 8.11. The fraction of sp³-hybridized carbons (Fsp3) is 0.231. The zero-order valence-corrected chi connectivity index (χ0v) is 10.2. The average Bonchev–Trinajstić information content (AvgIpc) is 2.72. The molecule has 1 aromatic carbocycles. The van der Waals surface area contributed by atoms with Crippen LogP contribution in [0.2, 0.25) is 0 Å². The molecule has 0 bridgehead atoms. The van der Waals surface area contributed by atoms with Crippen LogP contribution in [0, 0.1) is 20.8 Å². The average molecular weight is 226 g/mol. The van der Waals surface area contributed by atoms with Gasteiger partial charge in [0, 0.05) is 17.3 Å². The van der Waals surface area contributed by atoms with Crippen molar-refractivity contribution < 1.29 is 0 Å². The van der Waals surface area contributed by atoms with Gasteiger partial charge in [-0.1, -0.05) is 17.2 Å². The molecule has 0 unspecified atom stereocenters. The Labute approximate surface area is 99.3 Å². The molecule has 4 nitrogen and oxygen atoms in total. The number of fused-ring (bicyclic) bond motifs is 1. The van der Waals surface area contributed by atoms with Gasteiger partial charge < -0.3 is 0 Å². The first-order valence-electron chi connectivity index (χ1n) is 5.63. The molecule has 0 aliphatic carbocycles. The predicted molar refractivity (Wildman–Crippen MR) is 67.0 cm³/mol. The first kappa shape index (κ1) is 10.1. The largest absolute Gasteiger partial charge is 0.281 e. The Kier molecular flexibility index (Phi) is 2.04. The molecule has 0 atom stereocenters. The summed E-state index contributed by atoms with van der Waals surface area (Å²) in [6.07, 6.45) is 0. The lowest BCUT2D eigenvalue weighted by Gasteiger charge is -2.00. The molecule has 0 saturated carbocycles. The maximum absolute atomic E-state index is 4.51. The summed E-state index contributed by atoms with van der Waals surface area (Å²) < 4.78 is 1.71. The second-order valence-corrected chi connectivity index (χ2v) is 4.52. The van der Waals surface area contributed by atoms with Crippen LogP contribution < -0.4 is 0 Å². The maximum Gasteiger partial charge on any atom is 0.183 e. The topological polar surface area (TPSA) is 46.0 Å². The molecule has 2 aromatic heterocycles. The number of benzene rings is 1. The van der Waals surface area contributed by atoms with E-state index in [4.69, 9.17) is 0 Å². The number of aromatic amines is 1. The smallest absolute Gasteiger partial charge is 0.183 e. The van der Waals surface area contributed by atoms with Crippen molar-refractivity contribution in [1.82, 2.24) is 19.8 Å². The molecular weight excluding hydrogens is 212 g/mol. The van der Waals surface area contributed by atoms with Crippen molar-refractivity contribution in [3.8, 4) is 11.4 Å². The second-order valence-electron chi connectivity index (χ2n) is 4.52. The van der Waals surface area contributed by atoms with E-state index in [0.717, 1.165) is 22.7 Å². The second kappa shape index (κ2) is 3.45. The van der Waals surface area contributed by atoms with Gasteiger partial charge >= 0.3 is 0 Å². The Morgan fingerprint density at radius 3 is 2.35 bits per heavy atom. The number of H-pyrrole nitrogens is 1. The van der Waals surface area contributed by atoms with Crippen molar-refractivity contribution >= 4 is 5.65 Å². The van der Waals surface area contributed by atoms with Crippen LogP contribution in [0.4, 0.5) is 0 Å². The Bertz CT molecular complexity index is 639. The minimum Gasteiger partial charge on any atom is -0.281 e. The van der Waals surface area contributed by atoms with Gasteiger partial charge in [-0.25, -0.2) is 4.98 Å². The third-order valence-electron chi connectivity index (χ3n) is 2.74. The van der Waals surface area contributed by atoms with Crippen LogP contribution in [0.25, 0.3) is 17.0 Å². The van der Waals surface area contributed by atoms with E-state index in [0.29, 0.717) is 0 Å². The third-order valence-corrected chi connectivity index (χ3v) is 2.74. The number of hydrogen-bond donors (Lipinski definition) is 1. The van der Waals surface area contributed by atoms with Gasteiger partial charge in [-0.2, -0.15) is 4.63 Å². The molecule has 1 N–H and O–H groups in total. The number of rotatable bonds is 1. The molecular formula is C13H14N4. The zero-order valence-electron chi connectivity index (χ0n) is 10.2. The minimum absolute atomic E-state index is 0.767. The summed E-state index contributed by atoms with van der Waals surface area (Å²) in [6, 6.07) is 8.35. The van der Waals surface area contributed by atoms with Crippen LogP contribution >= 0.6 is 0 Å². The summed E-state index contributed by atoms with van der Waals surface area (Å²) >= 11 is 0. The van der Waals surface area contributed by atoms with Crippen LogP contribution in [0.5, 0.6) is 0 Å². The molecule has 0 aliphatic rings. The third kappa shape index (κ3) is 1.71. The standard InChI is InChI=1S/C13H14N4/c1-8-4-9(2)6-11(5-8)13-14-12-7-10(3)15-17(12)16-13/h4-7,15H,1-3H3. The minimum atomic E-state index is 0.767. The van der Waals surface area contributed by atoms with Crippen molar-refractivity contribution in [2.75, 3.05) is 0 Å². The summed E-state index contributed by atoms with van der Waals surface area (Å²) in [5.74, 6) is 0.767. The van der Waals surface area contributed by atoms with Crippen LogP contribution in [-0.2, 0) is 0 Å². The van der Waals surface area contributed by atoms with Gasteiger partial charge in [-0.15, -0.1) is 5.10 Å². The molecule has 86 valence electrons. The summed E-state index contributed by atoms with van der Waals surface area (Å²) in [6.45, 7) is 6.16. The predicted octanol–water partition coefficient (Wildman–Crippen LogP) is 2.65. The van der Waals surface area contributed by atoms with Gasteiger partial charge in [0.1, 0.15) is 0 Å². The number of hydrogen-bond acceptors (Lipinski definition) is 2. The lowest BCUT2D eigenvalue weighted by Crippen LogP contribution is -1.89. The van der Waals surface area contributed by atoms with E-state index in [1.54, 1.807) is 4.63 Å². The molecule has 0 amide bonds. The van der Waals surface area contributed by atoms with Crippen molar-refractivity contribution in [2.45, 2.75) is 20.8 Å². The van der Waals surface area contributed by atoms with Crippen molar-refractivity contribution in [3.05, 3.63) is 41.1 Å². The zero-order chi connectivity index (χ0) is 12.0. The van der Waals surface area contributed by atoms with E-state index in [2.05, 4.69) is 47.2 Å². The van der Waals surface area contributed by atoms with E-state index in [1.807, 2.05) is 13.0 Å². The van der Waals surface area contributed by atoms with E-state index >= 15 is 0 Å². The summed E-state index contributed by atoms with van der Waals surface area (Å²) in [4.78, 5) is 4.51. The van der Waals surface area contributed by atoms with Crippen molar-refractivity contribution in [1.29, 1.82) is 0 Å². The van der Waals surface area contributed by atoms with Gasteiger partial charge in [0.2, 0.25) is 0 Å². The van der Waals surface area contributed by atoms with Gasteiger partial charge in [0.05, 0.1) is 0 Å². The molecule has 0 aliphatic heterocycles. The van der Waals surface area contributed by atoms with E-state index in [-0.39, 0.29) is 0 Å². The van der Waals surface area contributed by atoms with E-state index in [1.165, 1.54) is 11.1 Å². The number of nitrogens with zero attached hydrogens (tertiary/aromatic N) is 3. The van der Waals surface area contributed by atoms with Crippen LogP contribution in [0.1, 0.15) is 16.8 Å². The highest BCUT2D eigenvalue weighted by molar-refractivity contribution is 5.60. The van der Waals surface area contributed by atoms with Crippen LogP contribution in [0.15, 0.2) is 24.3 Å². The number of aromatic nitrogens is 4. The fourth-order valence-corrected chi connectivity index (χ4v) is 2.12. The highest BCUT2D eigenvalue weighted by atomic mass is 15.5. The molecule has 2 heterocycles. The molecule has 17 heavy (non-hydrogen) atoms. The van der Waals surface area contributed by atoms with Crippen LogP contribution in [-0.4, -0.2) is 19.8 Å². The normalized spacial score (nSPS) is 11.2. The molecule has 0 radical (unpaired) electrons. The Balaban J connectivity index is 2.16. The molecule has 3 aromatic rings. The Hall–Kier alpha value is -2.10. The molecule has 4 heteroatoms. The van der Waals surface area contributed by atoms with E-state index in [9.17, 15) is 0 Å². The van der Waals surface area contributed by atoms with Gasteiger partial charge in [0.15, 0.2) is 11.5 Å². The lowest BCUT2D eigenvalue weighted by atomic mass is 10.1. The first-order valence-corrected chi connectivity index (χ1v) is 5.63. The summed E-state index contributed by atoms with van der Waals surface area (Å²) in [5.41, 5.74) is 5.45. The molecule has 0 fully saturated rings. The monoisotopic (exact) mass is 226 g/mol. The molecule has 0 spiro atoms. The molecule has 0 saturated heterocycles. The Morgan fingerprint density at radius 1 is 1.00 bits per heavy atom.